The molecule has 7 nitrogen and oxygen atoms in total. The second kappa shape index (κ2) is 4.42. The number of rotatable bonds is 1. The van der Waals surface area contributed by atoms with Gasteiger partial charge in [0.2, 0.25) is 11.8 Å². The zero-order valence-corrected chi connectivity index (χ0v) is 12.7. The molecule has 0 unspecified atom stereocenters. The fourth-order valence-electron chi connectivity index (χ4n) is 4.46. The summed E-state index contributed by atoms with van der Waals surface area (Å²) in [5, 5.41) is 13.1. The summed E-state index contributed by atoms with van der Waals surface area (Å²) >= 11 is 0. The molecule has 3 saturated heterocycles. The molecule has 120 valence electrons. The number of nitriles is 1. The molecule has 4 aliphatic heterocycles. The molecular weight excluding hydrogens is 310 g/mol. The first-order chi connectivity index (χ1) is 11.6. The second-order valence-corrected chi connectivity index (χ2v) is 6.61. The fraction of sp³-hybridized carbons (Fsp3) is 0.412. The largest absolute Gasteiger partial charge is 0.389 e. The third-order valence-corrected chi connectivity index (χ3v) is 5.57. The smallest absolute Gasteiger partial charge is 0.235 e. The van der Waals surface area contributed by atoms with Crippen LogP contribution < -0.4 is 0 Å². The van der Waals surface area contributed by atoms with E-state index in [9.17, 15) is 9.59 Å². The van der Waals surface area contributed by atoms with Gasteiger partial charge in [-0.2, -0.15) is 5.26 Å². The molecule has 24 heavy (non-hydrogen) atoms. The number of carbonyl (C=O) groups is 2. The van der Waals surface area contributed by atoms with E-state index in [0.717, 1.165) is 11.3 Å². The molecule has 6 atom stereocenters. The maximum Gasteiger partial charge on any atom is 0.235 e. The number of oxime groups is 1. The Bertz CT molecular complexity index is 840. The Labute approximate surface area is 137 Å². The van der Waals surface area contributed by atoms with E-state index < -0.39 is 17.9 Å². The maximum atomic E-state index is 12.4. The average Bonchev–Trinajstić information content (AvgIpc) is 3.33. The predicted molar refractivity (Wildman–Crippen MR) is 79.5 cm³/mol. The molecular formula is C17H13N3O4. The molecule has 0 aliphatic carbocycles. The van der Waals surface area contributed by atoms with E-state index in [-0.39, 0.29) is 29.9 Å². The number of imide groups is 1. The minimum atomic E-state index is -0.454. The Morgan fingerprint density at radius 3 is 2.38 bits per heavy atom. The molecule has 0 N–H and O–H groups in total. The van der Waals surface area contributed by atoms with Crippen LogP contribution in [0.5, 0.6) is 0 Å². The highest BCUT2D eigenvalue weighted by Crippen LogP contribution is 2.54. The summed E-state index contributed by atoms with van der Waals surface area (Å²) in [4.78, 5) is 31.5. The molecule has 0 aromatic heterocycles. The lowest BCUT2D eigenvalue weighted by atomic mass is 9.71. The quantitative estimate of drug-likeness (QED) is 0.693. The predicted octanol–water partition coefficient (Wildman–Crippen LogP) is 0.289. The summed E-state index contributed by atoms with van der Waals surface area (Å²) in [6.45, 7) is 0. The molecule has 0 spiro atoms. The van der Waals surface area contributed by atoms with Crippen LogP contribution in [-0.4, -0.2) is 47.8 Å². The summed E-state index contributed by atoms with van der Waals surface area (Å²) in [6.07, 6.45) is -1.14. The summed E-state index contributed by atoms with van der Waals surface area (Å²) in [7, 11) is 1.52. The van der Waals surface area contributed by atoms with Gasteiger partial charge in [0.1, 0.15) is 6.10 Å². The topological polar surface area (TPSA) is 92.0 Å². The molecule has 0 saturated carbocycles. The third kappa shape index (κ3) is 1.47. The minimum absolute atomic E-state index is 0.160. The zero-order valence-electron chi connectivity index (χ0n) is 12.7. The van der Waals surface area contributed by atoms with Gasteiger partial charge in [0.05, 0.1) is 41.2 Å². The van der Waals surface area contributed by atoms with Crippen molar-refractivity contribution in [2.45, 2.75) is 18.3 Å². The molecule has 1 aromatic rings. The Hall–Kier alpha value is -2.72. The molecule has 4 aliphatic rings. The number of amides is 2. The number of ether oxygens (including phenoxy) is 1. The van der Waals surface area contributed by atoms with E-state index in [4.69, 9.17) is 14.8 Å². The van der Waals surface area contributed by atoms with Crippen molar-refractivity contribution in [3.05, 3.63) is 35.4 Å². The number of hydrogen-bond donors (Lipinski definition) is 0. The second-order valence-electron chi connectivity index (χ2n) is 6.61. The Kier molecular flexibility index (Phi) is 2.52. The van der Waals surface area contributed by atoms with Gasteiger partial charge in [-0.3, -0.25) is 14.5 Å². The van der Waals surface area contributed by atoms with Gasteiger partial charge >= 0.3 is 0 Å². The number of carbonyl (C=O) groups excluding carboxylic acids is 2. The van der Waals surface area contributed by atoms with Crippen LogP contribution in [0.15, 0.2) is 29.4 Å². The van der Waals surface area contributed by atoms with Crippen molar-refractivity contribution >= 4 is 17.5 Å². The minimum Gasteiger partial charge on any atom is -0.389 e. The van der Waals surface area contributed by atoms with Crippen LogP contribution in [0.25, 0.3) is 0 Å². The fourth-order valence-corrected chi connectivity index (χ4v) is 4.46. The molecule has 3 fully saturated rings. The van der Waals surface area contributed by atoms with Crippen molar-refractivity contribution in [1.29, 1.82) is 5.26 Å². The van der Waals surface area contributed by atoms with Gasteiger partial charge in [0.25, 0.3) is 0 Å². The number of likely N-dealkylation sites (tertiary alicyclic amines) is 1. The van der Waals surface area contributed by atoms with E-state index in [1.54, 1.807) is 12.1 Å². The Morgan fingerprint density at radius 1 is 1.04 bits per heavy atom. The van der Waals surface area contributed by atoms with E-state index in [0.29, 0.717) is 5.56 Å². The lowest BCUT2D eigenvalue weighted by Gasteiger charge is -2.26. The third-order valence-electron chi connectivity index (χ3n) is 5.57. The van der Waals surface area contributed by atoms with Gasteiger partial charge in [-0.05, 0) is 17.7 Å². The highest BCUT2D eigenvalue weighted by molar-refractivity contribution is 6.09. The van der Waals surface area contributed by atoms with Crippen LogP contribution in [0.3, 0.4) is 0 Å². The standard InChI is InChI=1S/C17H13N3O4/c1-20-16(21)9-10(17(20)22)14-15-11(13(9)23-14)12(19-24-15)8-4-2-7(6-18)3-5-8/h2-5,9-11,13-15H,1H3/t9-,10+,11+,13-,14-,15-/m1/s1. The first-order valence-electron chi connectivity index (χ1n) is 7.83. The van der Waals surface area contributed by atoms with Gasteiger partial charge in [-0.25, -0.2) is 0 Å². The van der Waals surface area contributed by atoms with Crippen LogP contribution in [-0.2, 0) is 19.2 Å². The molecule has 1 aromatic carbocycles. The summed E-state index contributed by atoms with van der Waals surface area (Å²) in [6, 6.07) is 9.16. The summed E-state index contributed by atoms with van der Waals surface area (Å²) in [5.74, 6) is -1.43. The zero-order chi connectivity index (χ0) is 16.6. The molecule has 5 rings (SSSR count). The van der Waals surface area contributed by atoms with Crippen molar-refractivity contribution in [2.24, 2.45) is 22.9 Å². The molecule has 2 amide bonds. The number of benzene rings is 1. The van der Waals surface area contributed by atoms with Crippen molar-refractivity contribution in [3.63, 3.8) is 0 Å². The lowest BCUT2D eigenvalue weighted by molar-refractivity contribution is -0.141. The molecule has 7 heteroatoms. The van der Waals surface area contributed by atoms with E-state index in [2.05, 4.69) is 11.2 Å². The highest BCUT2D eigenvalue weighted by Gasteiger charge is 2.71. The van der Waals surface area contributed by atoms with Crippen molar-refractivity contribution in [1.82, 2.24) is 4.90 Å². The molecule has 4 heterocycles. The highest BCUT2D eigenvalue weighted by atomic mass is 16.7. The van der Waals surface area contributed by atoms with Crippen molar-refractivity contribution < 1.29 is 19.2 Å². The van der Waals surface area contributed by atoms with E-state index in [1.165, 1.54) is 11.9 Å². The molecule has 2 bridgehead atoms. The Morgan fingerprint density at radius 2 is 1.71 bits per heavy atom. The van der Waals surface area contributed by atoms with Crippen LogP contribution in [0.4, 0.5) is 0 Å². The van der Waals surface area contributed by atoms with Gasteiger partial charge < -0.3 is 9.57 Å². The van der Waals surface area contributed by atoms with Crippen LogP contribution >= 0.6 is 0 Å². The maximum absolute atomic E-state index is 12.4. The summed E-state index contributed by atoms with van der Waals surface area (Å²) < 4.78 is 5.97. The normalized spacial score (nSPS) is 38.7. The van der Waals surface area contributed by atoms with Crippen molar-refractivity contribution in [2.75, 3.05) is 7.05 Å². The monoisotopic (exact) mass is 323 g/mol. The molecule has 0 radical (unpaired) electrons. The first kappa shape index (κ1) is 13.7. The average molecular weight is 323 g/mol. The number of fused-ring (bicyclic) bond motifs is 8. The van der Waals surface area contributed by atoms with E-state index in [1.807, 2.05) is 12.1 Å². The Balaban J connectivity index is 1.51. The SMILES string of the molecule is CN1C(=O)[C@@H]2[C@H]3O[C@@H]([C@@H]4C(c5ccc(C#N)cc5)=NO[C@@H]34)[C@@H]2C1=O. The van der Waals surface area contributed by atoms with E-state index >= 15 is 0 Å². The van der Waals surface area contributed by atoms with Gasteiger partial charge in [-0.15, -0.1) is 0 Å². The van der Waals surface area contributed by atoms with Gasteiger partial charge in [-0.1, -0.05) is 17.3 Å². The van der Waals surface area contributed by atoms with Crippen LogP contribution in [0.1, 0.15) is 11.1 Å². The first-order valence-corrected chi connectivity index (χ1v) is 7.83. The van der Waals surface area contributed by atoms with Crippen LogP contribution in [0.2, 0.25) is 0 Å². The van der Waals surface area contributed by atoms with Crippen LogP contribution in [0, 0.1) is 29.1 Å². The van der Waals surface area contributed by atoms with Gasteiger partial charge in [0, 0.05) is 7.05 Å². The van der Waals surface area contributed by atoms with Crippen molar-refractivity contribution in [3.8, 4) is 6.07 Å². The summed E-state index contributed by atoms with van der Waals surface area (Å²) in [5.41, 5.74) is 2.14. The lowest BCUT2D eigenvalue weighted by Crippen LogP contribution is -2.45. The van der Waals surface area contributed by atoms with Gasteiger partial charge in [0.15, 0.2) is 6.10 Å². The number of hydrogen-bond acceptors (Lipinski definition) is 6. The number of nitrogens with zero attached hydrogens (tertiary/aromatic N) is 3.